The Morgan fingerprint density at radius 1 is 0.964 bits per heavy atom. The minimum Gasteiger partial charge on any atom is -0.489 e. The summed E-state index contributed by atoms with van der Waals surface area (Å²) in [6.07, 6.45) is 1.67. The molecule has 0 saturated heterocycles. The van der Waals surface area contributed by atoms with Crippen molar-refractivity contribution in [2.45, 2.75) is 12.4 Å². The van der Waals surface area contributed by atoms with Crippen molar-refractivity contribution in [1.29, 1.82) is 0 Å². The Morgan fingerprint density at radius 3 is 2.57 bits per heavy atom. The van der Waals surface area contributed by atoms with Crippen LogP contribution in [0.5, 0.6) is 5.75 Å². The van der Waals surface area contributed by atoms with Crippen LogP contribution >= 0.6 is 27.7 Å². The predicted octanol–water partition coefficient (Wildman–Crippen LogP) is 5.61. The SMILES string of the molecule is NC(=NN=Cc1cccc(OCc2cccc(Br)c2)c1)SCc1ccccc1. The predicted molar refractivity (Wildman–Crippen MR) is 122 cm³/mol. The molecule has 0 spiro atoms. The van der Waals surface area contributed by atoms with Gasteiger partial charge in [-0.05, 0) is 41.0 Å². The summed E-state index contributed by atoms with van der Waals surface area (Å²) in [5.41, 5.74) is 9.11. The summed E-state index contributed by atoms with van der Waals surface area (Å²) in [7, 11) is 0. The lowest BCUT2D eigenvalue weighted by molar-refractivity contribution is 0.306. The van der Waals surface area contributed by atoms with Gasteiger partial charge in [-0.25, -0.2) is 0 Å². The zero-order valence-corrected chi connectivity index (χ0v) is 17.6. The molecule has 142 valence electrons. The van der Waals surface area contributed by atoms with Crippen molar-refractivity contribution in [2.24, 2.45) is 15.9 Å². The van der Waals surface area contributed by atoms with Crippen LogP contribution in [0.4, 0.5) is 0 Å². The first kappa shape index (κ1) is 20.2. The molecule has 2 N–H and O–H groups in total. The molecule has 3 rings (SSSR count). The van der Waals surface area contributed by atoms with Gasteiger partial charge < -0.3 is 10.5 Å². The van der Waals surface area contributed by atoms with Crippen LogP contribution in [0.15, 0.2) is 93.5 Å². The van der Waals surface area contributed by atoms with Crippen LogP contribution in [-0.4, -0.2) is 11.4 Å². The minimum atomic E-state index is 0.433. The molecule has 3 aromatic carbocycles. The molecular formula is C22H20BrN3OS. The third-order valence-electron chi connectivity index (χ3n) is 3.75. The van der Waals surface area contributed by atoms with E-state index < -0.39 is 0 Å². The first-order valence-electron chi connectivity index (χ1n) is 8.69. The molecular weight excluding hydrogens is 434 g/mol. The van der Waals surface area contributed by atoms with Gasteiger partial charge in [-0.1, -0.05) is 82.3 Å². The Balaban J connectivity index is 1.53. The van der Waals surface area contributed by atoms with Gasteiger partial charge in [-0.2, -0.15) is 5.10 Å². The third kappa shape index (κ3) is 6.87. The molecule has 3 aromatic rings. The second-order valence-corrected chi connectivity index (χ2v) is 7.86. The maximum atomic E-state index is 5.91. The highest BCUT2D eigenvalue weighted by Gasteiger charge is 1.99. The number of thioether (sulfide) groups is 1. The first-order valence-corrected chi connectivity index (χ1v) is 10.5. The van der Waals surface area contributed by atoms with Gasteiger partial charge in [0.25, 0.3) is 0 Å². The maximum Gasteiger partial charge on any atom is 0.180 e. The number of nitrogens with zero attached hydrogens (tertiary/aromatic N) is 2. The van der Waals surface area contributed by atoms with Crippen molar-refractivity contribution in [3.8, 4) is 5.75 Å². The summed E-state index contributed by atoms with van der Waals surface area (Å²) in [5, 5.41) is 8.56. The number of halogens is 1. The van der Waals surface area contributed by atoms with Crippen LogP contribution in [0.3, 0.4) is 0 Å². The highest BCUT2D eigenvalue weighted by Crippen LogP contribution is 2.17. The summed E-state index contributed by atoms with van der Waals surface area (Å²) in [6, 6.07) is 25.9. The monoisotopic (exact) mass is 453 g/mol. The van der Waals surface area contributed by atoms with Crippen LogP contribution in [0.1, 0.15) is 16.7 Å². The van der Waals surface area contributed by atoms with Crippen LogP contribution in [0, 0.1) is 0 Å². The topological polar surface area (TPSA) is 60.0 Å². The summed E-state index contributed by atoms with van der Waals surface area (Å²) >= 11 is 4.93. The highest BCUT2D eigenvalue weighted by molar-refractivity contribution is 9.10. The van der Waals surface area contributed by atoms with Crippen molar-refractivity contribution < 1.29 is 4.74 Å². The second kappa shape index (κ2) is 10.7. The number of benzene rings is 3. The van der Waals surface area contributed by atoms with Gasteiger partial charge in [0, 0.05) is 10.2 Å². The van der Waals surface area contributed by atoms with Crippen LogP contribution < -0.4 is 10.5 Å². The van der Waals surface area contributed by atoms with Gasteiger partial charge >= 0.3 is 0 Å². The van der Waals surface area contributed by atoms with Crippen molar-refractivity contribution in [2.75, 3.05) is 0 Å². The summed E-state index contributed by atoms with van der Waals surface area (Å²) in [5.74, 6) is 1.55. The van der Waals surface area contributed by atoms with Crippen LogP contribution in [0.2, 0.25) is 0 Å². The minimum absolute atomic E-state index is 0.433. The van der Waals surface area contributed by atoms with E-state index >= 15 is 0 Å². The molecule has 4 nitrogen and oxygen atoms in total. The van der Waals surface area contributed by atoms with Crippen molar-refractivity contribution in [1.82, 2.24) is 0 Å². The van der Waals surface area contributed by atoms with Gasteiger partial charge in [0.15, 0.2) is 5.17 Å². The standard InChI is InChI=1S/C22H20BrN3OS/c23-20-10-4-9-19(12-20)15-27-21-11-5-8-18(13-21)14-25-26-22(24)28-16-17-6-2-1-3-7-17/h1-14H,15-16H2,(H2,24,26). The van der Waals surface area contributed by atoms with Crippen molar-refractivity contribution in [3.63, 3.8) is 0 Å². The molecule has 0 radical (unpaired) electrons. The van der Waals surface area contributed by atoms with Gasteiger partial charge in [0.05, 0.1) is 6.21 Å². The average molecular weight is 454 g/mol. The van der Waals surface area contributed by atoms with E-state index in [9.17, 15) is 0 Å². The molecule has 6 heteroatoms. The molecule has 0 bridgehead atoms. The van der Waals surface area contributed by atoms with E-state index in [1.54, 1.807) is 6.21 Å². The van der Waals surface area contributed by atoms with E-state index in [0.717, 1.165) is 27.1 Å². The maximum absolute atomic E-state index is 5.91. The van der Waals surface area contributed by atoms with E-state index in [-0.39, 0.29) is 0 Å². The average Bonchev–Trinajstić information content (AvgIpc) is 2.72. The normalized spacial score (nSPS) is 11.7. The summed E-state index contributed by atoms with van der Waals surface area (Å²) in [6.45, 7) is 0.501. The Morgan fingerprint density at radius 2 is 1.75 bits per heavy atom. The smallest absolute Gasteiger partial charge is 0.180 e. The second-order valence-electron chi connectivity index (χ2n) is 5.95. The van der Waals surface area contributed by atoms with E-state index in [1.807, 2.05) is 66.7 Å². The quantitative estimate of drug-likeness (QED) is 0.287. The first-order chi connectivity index (χ1) is 13.7. The number of hydrogen-bond donors (Lipinski definition) is 1. The van der Waals surface area contributed by atoms with Crippen LogP contribution in [0.25, 0.3) is 0 Å². The number of hydrogen-bond acceptors (Lipinski definition) is 4. The molecule has 0 aliphatic carbocycles. The zero-order chi connectivity index (χ0) is 19.6. The van der Waals surface area contributed by atoms with E-state index in [2.05, 4.69) is 38.3 Å². The Kier molecular flexibility index (Phi) is 7.70. The molecule has 0 unspecified atom stereocenters. The Hall–Kier alpha value is -2.57. The lowest BCUT2D eigenvalue weighted by Gasteiger charge is -2.07. The number of nitrogens with two attached hydrogens (primary N) is 1. The lowest BCUT2D eigenvalue weighted by atomic mass is 10.2. The molecule has 0 aliphatic heterocycles. The number of rotatable bonds is 7. The van der Waals surface area contributed by atoms with Gasteiger partial charge in [-0.15, -0.1) is 5.10 Å². The van der Waals surface area contributed by atoms with Crippen molar-refractivity contribution in [3.05, 3.63) is 100 Å². The third-order valence-corrected chi connectivity index (χ3v) is 5.09. The Labute approximate surface area is 177 Å². The number of amidine groups is 1. The van der Waals surface area contributed by atoms with E-state index in [4.69, 9.17) is 10.5 Å². The number of ether oxygens (including phenoxy) is 1. The van der Waals surface area contributed by atoms with Gasteiger partial charge in [-0.3, -0.25) is 0 Å². The largest absolute Gasteiger partial charge is 0.489 e. The highest BCUT2D eigenvalue weighted by atomic mass is 79.9. The molecule has 0 atom stereocenters. The van der Waals surface area contributed by atoms with Gasteiger partial charge in [0.2, 0.25) is 0 Å². The molecule has 28 heavy (non-hydrogen) atoms. The Bertz CT molecular complexity index is 961. The van der Waals surface area contributed by atoms with Crippen molar-refractivity contribution >= 4 is 39.1 Å². The molecule has 0 aliphatic rings. The van der Waals surface area contributed by atoms with Crippen LogP contribution in [-0.2, 0) is 12.4 Å². The summed E-state index contributed by atoms with van der Waals surface area (Å²) in [4.78, 5) is 0. The van der Waals surface area contributed by atoms with Gasteiger partial charge in [0.1, 0.15) is 12.4 Å². The molecule has 0 heterocycles. The van der Waals surface area contributed by atoms with E-state index in [1.165, 1.54) is 17.3 Å². The fraction of sp³-hybridized carbons (Fsp3) is 0.0909. The molecule has 0 fully saturated rings. The molecule has 0 aromatic heterocycles. The lowest BCUT2D eigenvalue weighted by Crippen LogP contribution is -2.06. The fourth-order valence-electron chi connectivity index (χ4n) is 2.39. The summed E-state index contributed by atoms with van der Waals surface area (Å²) < 4.78 is 6.89. The van der Waals surface area contributed by atoms with E-state index in [0.29, 0.717) is 11.8 Å². The molecule has 0 saturated carbocycles. The fourth-order valence-corrected chi connectivity index (χ4v) is 3.45. The molecule has 0 amide bonds. The zero-order valence-electron chi connectivity index (χ0n) is 15.2.